The molecule has 2 heteroatoms. The van der Waals surface area contributed by atoms with Crippen LogP contribution in [0.5, 0.6) is 0 Å². The van der Waals surface area contributed by atoms with Crippen molar-refractivity contribution in [3.8, 4) is 0 Å². The van der Waals surface area contributed by atoms with E-state index in [1.807, 2.05) is 0 Å². The van der Waals surface area contributed by atoms with Gasteiger partial charge < -0.3 is 11.1 Å². The van der Waals surface area contributed by atoms with Gasteiger partial charge in [0.05, 0.1) is 0 Å². The minimum Gasteiger partial charge on any atom is -0.326 e. The minimum absolute atomic E-state index is 0.402. The van der Waals surface area contributed by atoms with Crippen molar-refractivity contribution >= 4 is 0 Å². The van der Waals surface area contributed by atoms with Gasteiger partial charge in [-0.15, -0.1) is 0 Å². The van der Waals surface area contributed by atoms with Gasteiger partial charge in [-0.2, -0.15) is 0 Å². The molecule has 94 valence electrons. The number of nitrogens with two attached hydrogens (primary N) is 1. The fourth-order valence-corrected chi connectivity index (χ4v) is 3.49. The molecule has 0 radical (unpaired) electrons. The molecular weight excluding hydrogens is 196 g/mol. The van der Waals surface area contributed by atoms with Crippen molar-refractivity contribution in [1.82, 2.24) is 5.32 Å². The Morgan fingerprint density at radius 3 is 2.31 bits per heavy atom. The maximum absolute atomic E-state index is 6.10. The monoisotopic (exact) mass is 224 g/mol. The van der Waals surface area contributed by atoms with Gasteiger partial charge in [-0.05, 0) is 37.0 Å². The summed E-state index contributed by atoms with van der Waals surface area (Å²) in [4.78, 5) is 0. The fraction of sp³-hybridized carbons (Fsp3) is 1.00. The molecule has 0 bridgehead atoms. The van der Waals surface area contributed by atoms with Crippen LogP contribution < -0.4 is 11.1 Å². The molecule has 2 aliphatic rings. The third-order valence-electron chi connectivity index (χ3n) is 4.85. The maximum atomic E-state index is 6.10. The van der Waals surface area contributed by atoms with Gasteiger partial charge in [-0.1, -0.05) is 33.1 Å². The van der Waals surface area contributed by atoms with E-state index in [1.54, 1.807) is 0 Å². The molecule has 0 aromatic heterocycles. The van der Waals surface area contributed by atoms with Crippen molar-refractivity contribution in [3.63, 3.8) is 0 Å². The van der Waals surface area contributed by atoms with Crippen molar-refractivity contribution in [3.05, 3.63) is 0 Å². The van der Waals surface area contributed by atoms with E-state index in [2.05, 4.69) is 19.2 Å². The van der Waals surface area contributed by atoms with E-state index in [-0.39, 0.29) is 0 Å². The van der Waals surface area contributed by atoms with Crippen molar-refractivity contribution < 1.29 is 0 Å². The Morgan fingerprint density at radius 1 is 1.06 bits per heavy atom. The van der Waals surface area contributed by atoms with E-state index in [1.165, 1.54) is 44.9 Å². The second-order valence-corrected chi connectivity index (χ2v) is 6.55. The lowest BCUT2D eigenvalue weighted by Gasteiger charge is -2.34. The van der Waals surface area contributed by atoms with Crippen LogP contribution in [0.1, 0.15) is 58.8 Å². The third kappa shape index (κ3) is 2.78. The summed E-state index contributed by atoms with van der Waals surface area (Å²) in [6.07, 6.45) is 9.55. The van der Waals surface area contributed by atoms with Crippen molar-refractivity contribution in [2.75, 3.05) is 6.54 Å². The van der Waals surface area contributed by atoms with E-state index < -0.39 is 0 Å². The molecule has 2 saturated carbocycles. The topological polar surface area (TPSA) is 38.0 Å². The Morgan fingerprint density at radius 2 is 1.75 bits per heavy atom. The lowest BCUT2D eigenvalue weighted by atomic mass is 9.77. The molecular formula is C14H28N2. The van der Waals surface area contributed by atoms with Crippen LogP contribution in [0.3, 0.4) is 0 Å². The van der Waals surface area contributed by atoms with E-state index in [0.717, 1.165) is 12.5 Å². The highest BCUT2D eigenvalue weighted by Crippen LogP contribution is 2.39. The SMILES string of the molecule is CC(C)(CNC1CCCC1N)C1CCCC1. The molecule has 0 saturated heterocycles. The first-order chi connectivity index (χ1) is 7.59. The van der Waals surface area contributed by atoms with Gasteiger partial charge in [0.15, 0.2) is 0 Å². The van der Waals surface area contributed by atoms with Gasteiger partial charge in [0.25, 0.3) is 0 Å². The molecule has 0 aromatic carbocycles. The van der Waals surface area contributed by atoms with Gasteiger partial charge >= 0.3 is 0 Å². The lowest BCUT2D eigenvalue weighted by molar-refractivity contribution is 0.198. The van der Waals surface area contributed by atoms with Crippen LogP contribution in [0, 0.1) is 11.3 Å². The zero-order valence-corrected chi connectivity index (χ0v) is 11.0. The average Bonchev–Trinajstić information content (AvgIpc) is 2.85. The van der Waals surface area contributed by atoms with Gasteiger partial charge in [0.1, 0.15) is 0 Å². The number of hydrogen-bond acceptors (Lipinski definition) is 2. The summed E-state index contributed by atoms with van der Waals surface area (Å²) in [5, 5.41) is 3.72. The van der Waals surface area contributed by atoms with Crippen molar-refractivity contribution in [1.29, 1.82) is 0 Å². The van der Waals surface area contributed by atoms with Gasteiger partial charge in [0.2, 0.25) is 0 Å². The smallest absolute Gasteiger partial charge is 0.0219 e. The Kier molecular flexibility index (Phi) is 3.91. The number of nitrogens with one attached hydrogen (secondary N) is 1. The molecule has 0 aliphatic heterocycles. The first-order valence-electron chi connectivity index (χ1n) is 7.08. The molecule has 2 unspecified atom stereocenters. The summed E-state index contributed by atoms with van der Waals surface area (Å²) >= 11 is 0. The molecule has 0 heterocycles. The second kappa shape index (κ2) is 5.05. The number of rotatable bonds is 4. The van der Waals surface area contributed by atoms with Crippen LogP contribution in [0.15, 0.2) is 0 Å². The largest absolute Gasteiger partial charge is 0.326 e. The first kappa shape index (κ1) is 12.4. The molecule has 2 aliphatic carbocycles. The lowest BCUT2D eigenvalue weighted by Crippen LogP contribution is -2.46. The summed E-state index contributed by atoms with van der Waals surface area (Å²) in [5.41, 5.74) is 6.56. The van der Waals surface area contributed by atoms with Crippen LogP contribution in [-0.4, -0.2) is 18.6 Å². The quantitative estimate of drug-likeness (QED) is 0.770. The van der Waals surface area contributed by atoms with Gasteiger partial charge in [-0.3, -0.25) is 0 Å². The Hall–Kier alpha value is -0.0800. The molecule has 2 atom stereocenters. The van der Waals surface area contributed by atoms with Crippen LogP contribution in [0.25, 0.3) is 0 Å². The number of hydrogen-bond donors (Lipinski definition) is 2. The van der Waals surface area contributed by atoms with Crippen molar-refractivity contribution in [2.45, 2.75) is 70.9 Å². The first-order valence-corrected chi connectivity index (χ1v) is 7.08. The third-order valence-corrected chi connectivity index (χ3v) is 4.85. The summed E-state index contributed by atoms with van der Waals surface area (Å²) in [6, 6.07) is 0.986. The van der Waals surface area contributed by atoms with E-state index in [4.69, 9.17) is 5.73 Å². The molecule has 0 spiro atoms. The predicted octanol–water partition coefficient (Wildman–Crippen LogP) is 2.67. The van der Waals surface area contributed by atoms with Crippen LogP contribution in [0.4, 0.5) is 0 Å². The maximum Gasteiger partial charge on any atom is 0.0219 e. The molecule has 0 amide bonds. The van der Waals surface area contributed by atoms with Gasteiger partial charge in [0, 0.05) is 18.6 Å². The Bertz CT molecular complexity index is 219. The highest BCUT2D eigenvalue weighted by atomic mass is 15.0. The molecule has 2 rings (SSSR count). The Labute approximate surface area is 100 Å². The Balaban J connectivity index is 1.79. The second-order valence-electron chi connectivity index (χ2n) is 6.55. The molecule has 16 heavy (non-hydrogen) atoms. The van der Waals surface area contributed by atoms with Crippen LogP contribution in [0.2, 0.25) is 0 Å². The summed E-state index contributed by atoms with van der Waals surface area (Å²) in [6.45, 7) is 6.00. The highest BCUT2D eigenvalue weighted by molar-refractivity contribution is 4.90. The summed E-state index contributed by atoms with van der Waals surface area (Å²) in [7, 11) is 0. The highest BCUT2D eigenvalue weighted by Gasteiger charge is 2.33. The van der Waals surface area contributed by atoms with Gasteiger partial charge in [-0.25, -0.2) is 0 Å². The molecule has 3 N–H and O–H groups in total. The van der Waals surface area contributed by atoms with Crippen molar-refractivity contribution in [2.24, 2.45) is 17.1 Å². The molecule has 0 aromatic rings. The van der Waals surface area contributed by atoms with Crippen LogP contribution in [-0.2, 0) is 0 Å². The summed E-state index contributed by atoms with van der Waals surface area (Å²) in [5.74, 6) is 0.928. The normalized spacial score (nSPS) is 32.4. The summed E-state index contributed by atoms with van der Waals surface area (Å²) < 4.78 is 0. The standard InChI is InChI=1S/C14H28N2/c1-14(2,11-6-3-4-7-11)10-16-13-9-5-8-12(13)15/h11-13,16H,3-10,15H2,1-2H3. The molecule has 2 nitrogen and oxygen atoms in total. The van der Waals surface area contributed by atoms with E-state index >= 15 is 0 Å². The predicted molar refractivity (Wildman–Crippen MR) is 69.4 cm³/mol. The van der Waals surface area contributed by atoms with Crippen LogP contribution >= 0.6 is 0 Å². The molecule has 2 fully saturated rings. The fourth-order valence-electron chi connectivity index (χ4n) is 3.49. The zero-order valence-electron chi connectivity index (χ0n) is 11.0. The van der Waals surface area contributed by atoms with E-state index in [9.17, 15) is 0 Å². The average molecular weight is 224 g/mol. The minimum atomic E-state index is 0.402. The van der Waals surface area contributed by atoms with E-state index in [0.29, 0.717) is 17.5 Å². The zero-order chi connectivity index (χ0) is 11.6.